The number of hydrogen-bond donors (Lipinski definition) is 1. The quantitative estimate of drug-likeness (QED) is 0.537. The van der Waals surface area contributed by atoms with E-state index in [2.05, 4.69) is 21.2 Å². The molecule has 0 spiro atoms. The molecule has 0 aliphatic heterocycles. The maximum Gasteiger partial charge on any atom is 0.344 e. The minimum Gasteiger partial charge on any atom is -0.482 e. The predicted molar refractivity (Wildman–Crippen MR) is 98.8 cm³/mol. The molecule has 2 aromatic rings. The second kappa shape index (κ2) is 9.34. The van der Waals surface area contributed by atoms with E-state index in [0.717, 1.165) is 10.0 Å². The van der Waals surface area contributed by atoms with E-state index in [9.17, 15) is 9.59 Å². The Hall–Kier alpha value is -2.18. The van der Waals surface area contributed by atoms with E-state index in [0.29, 0.717) is 17.9 Å². The molecular weight excluding hydrogens is 386 g/mol. The number of Topliss-reactive ketones (excluding diaryl/α,β-unsaturated/α-hetero) is 1. The lowest BCUT2D eigenvalue weighted by Crippen LogP contribution is -2.25. The van der Waals surface area contributed by atoms with Gasteiger partial charge in [0.25, 0.3) is 0 Å². The van der Waals surface area contributed by atoms with Gasteiger partial charge in [0.15, 0.2) is 12.4 Å². The molecular formula is C19H20BrNO4. The number of likely N-dealkylation sites (N-methyl/N-ethyl adjacent to an activating group) is 1. The molecule has 0 radical (unpaired) electrons. The Morgan fingerprint density at radius 3 is 2.28 bits per heavy atom. The monoisotopic (exact) mass is 405 g/mol. The summed E-state index contributed by atoms with van der Waals surface area (Å²) in [5, 5.41) is 3.05. The molecule has 6 heteroatoms. The molecule has 0 saturated heterocycles. The lowest BCUT2D eigenvalue weighted by Gasteiger charge is -2.16. The van der Waals surface area contributed by atoms with E-state index in [1.54, 1.807) is 38.2 Å². The smallest absolute Gasteiger partial charge is 0.344 e. The summed E-state index contributed by atoms with van der Waals surface area (Å²) in [6, 6.07) is 13.9. The molecule has 2 rings (SSSR count). The first-order chi connectivity index (χ1) is 12.0. The number of nitrogens with one attached hydrogen (secondary N) is 1. The third kappa shape index (κ3) is 5.41. The Morgan fingerprint density at radius 1 is 1.08 bits per heavy atom. The van der Waals surface area contributed by atoms with Crippen molar-refractivity contribution < 1.29 is 19.1 Å². The Labute approximate surface area is 155 Å². The molecule has 0 aliphatic rings. The number of carbonyl (C=O) groups is 2. The van der Waals surface area contributed by atoms with Crippen LogP contribution in [0.3, 0.4) is 0 Å². The number of halogens is 1. The summed E-state index contributed by atoms with van der Waals surface area (Å²) in [7, 11) is 1.75. The Bertz CT molecular complexity index is 713. The van der Waals surface area contributed by atoms with E-state index in [1.165, 1.54) is 0 Å². The topological polar surface area (TPSA) is 64.6 Å². The van der Waals surface area contributed by atoms with Crippen LogP contribution in [0.4, 0.5) is 0 Å². The van der Waals surface area contributed by atoms with E-state index in [1.807, 2.05) is 24.3 Å². The highest BCUT2D eigenvalue weighted by Crippen LogP contribution is 2.22. The molecule has 132 valence electrons. The van der Waals surface area contributed by atoms with Crippen LogP contribution in [0.15, 0.2) is 53.0 Å². The van der Waals surface area contributed by atoms with E-state index in [4.69, 9.17) is 9.47 Å². The Balaban J connectivity index is 2.05. The molecule has 1 atom stereocenters. The number of esters is 1. The fourth-order valence-electron chi connectivity index (χ4n) is 2.33. The zero-order chi connectivity index (χ0) is 18.2. The lowest BCUT2D eigenvalue weighted by molar-refractivity contribution is -0.145. The van der Waals surface area contributed by atoms with Gasteiger partial charge in [-0.1, -0.05) is 28.1 Å². The Morgan fingerprint density at radius 2 is 1.72 bits per heavy atom. The van der Waals surface area contributed by atoms with Crippen molar-refractivity contribution in [3.8, 4) is 5.75 Å². The van der Waals surface area contributed by atoms with Gasteiger partial charge >= 0.3 is 5.97 Å². The summed E-state index contributed by atoms with van der Waals surface area (Å²) in [6.07, 6.45) is 0. The van der Waals surface area contributed by atoms with Crippen molar-refractivity contribution in [1.29, 1.82) is 0 Å². The van der Waals surface area contributed by atoms with Crippen LogP contribution in [0.1, 0.15) is 28.9 Å². The van der Waals surface area contributed by atoms with Crippen LogP contribution in [-0.2, 0) is 9.53 Å². The van der Waals surface area contributed by atoms with Crippen LogP contribution in [0.25, 0.3) is 0 Å². The van der Waals surface area contributed by atoms with Gasteiger partial charge in [0.1, 0.15) is 5.75 Å². The molecule has 1 N–H and O–H groups in total. The van der Waals surface area contributed by atoms with Gasteiger partial charge in [0, 0.05) is 10.0 Å². The average molecular weight is 406 g/mol. The first-order valence-electron chi connectivity index (χ1n) is 7.90. The van der Waals surface area contributed by atoms with Crippen molar-refractivity contribution in [2.24, 2.45) is 0 Å². The maximum atomic E-state index is 12.7. The molecule has 2 aromatic carbocycles. The highest BCUT2D eigenvalue weighted by molar-refractivity contribution is 9.10. The number of ketones is 1. The average Bonchev–Trinajstić information content (AvgIpc) is 2.63. The van der Waals surface area contributed by atoms with Crippen LogP contribution in [0.2, 0.25) is 0 Å². The normalized spacial score (nSPS) is 11.6. The third-order valence-electron chi connectivity index (χ3n) is 3.56. The van der Waals surface area contributed by atoms with Gasteiger partial charge in [-0.15, -0.1) is 0 Å². The molecule has 0 aromatic heterocycles. The number of ether oxygens (including phenoxy) is 2. The predicted octanol–water partition coefficient (Wildman–Crippen LogP) is 3.53. The highest BCUT2D eigenvalue weighted by atomic mass is 79.9. The molecule has 1 unspecified atom stereocenters. The van der Waals surface area contributed by atoms with Crippen molar-refractivity contribution in [2.75, 3.05) is 20.3 Å². The zero-order valence-electron chi connectivity index (χ0n) is 14.1. The largest absolute Gasteiger partial charge is 0.482 e. The van der Waals surface area contributed by atoms with Crippen molar-refractivity contribution >= 4 is 27.7 Å². The molecule has 0 aliphatic carbocycles. The van der Waals surface area contributed by atoms with Gasteiger partial charge in [-0.25, -0.2) is 4.79 Å². The summed E-state index contributed by atoms with van der Waals surface area (Å²) in [5.41, 5.74) is 1.45. The maximum absolute atomic E-state index is 12.7. The van der Waals surface area contributed by atoms with Crippen LogP contribution in [0.5, 0.6) is 5.75 Å². The standard InChI is InChI=1S/C19H20BrNO4/c1-3-24-17(22)12-25-16-10-6-14(7-11-16)19(23)18(21-2)13-4-8-15(20)9-5-13/h4-11,18,21H,3,12H2,1-2H3. The van der Waals surface area contributed by atoms with Gasteiger partial charge in [-0.2, -0.15) is 0 Å². The fraction of sp³-hybridized carbons (Fsp3) is 0.263. The van der Waals surface area contributed by atoms with Crippen LogP contribution >= 0.6 is 15.9 Å². The number of benzene rings is 2. The SMILES string of the molecule is CCOC(=O)COc1ccc(C(=O)C(NC)c2ccc(Br)cc2)cc1. The summed E-state index contributed by atoms with van der Waals surface area (Å²) in [6.45, 7) is 1.90. The number of hydrogen-bond acceptors (Lipinski definition) is 5. The Kier molecular flexibility index (Phi) is 7.16. The summed E-state index contributed by atoms with van der Waals surface area (Å²) < 4.78 is 11.1. The van der Waals surface area contributed by atoms with Gasteiger partial charge in [-0.05, 0) is 55.9 Å². The van der Waals surface area contributed by atoms with Gasteiger partial charge in [-0.3, -0.25) is 4.79 Å². The van der Waals surface area contributed by atoms with E-state index < -0.39 is 12.0 Å². The molecule has 0 bridgehead atoms. The highest BCUT2D eigenvalue weighted by Gasteiger charge is 2.20. The molecule has 0 heterocycles. The summed E-state index contributed by atoms with van der Waals surface area (Å²) in [4.78, 5) is 24.0. The van der Waals surface area contributed by atoms with Gasteiger partial charge < -0.3 is 14.8 Å². The van der Waals surface area contributed by atoms with Crippen molar-refractivity contribution in [1.82, 2.24) is 5.32 Å². The van der Waals surface area contributed by atoms with Crippen LogP contribution in [0, 0.1) is 0 Å². The fourth-order valence-corrected chi connectivity index (χ4v) is 2.60. The molecule has 0 amide bonds. The van der Waals surface area contributed by atoms with Crippen LogP contribution in [-0.4, -0.2) is 32.0 Å². The first-order valence-corrected chi connectivity index (χ1v) is 8.70. The summed E-state index contributed by atoms with van der Waals surface area (Å²) >= 11 is 3.39. The van der Waals surface area contributed by atoms with Gasteiger partial charge in [0.05, 0.1) is 12.6 Å². The molecule has 5 nitrogen and oxygen atoms in total. The van der Waals surface area contributed by atoms with E-state index >= 15 is 0 Å². The lowest BCUT2D eigenvalue weighted by atomic mass is 9.97. The summed E-state index contributed by atoms with van der Waals surface area (Å²) in [5.74, 6) is 0.0455. The zero-order valence-corrected chi connectivity index (χ0v) is 15.7. The number of carbonyl (C=O) groups excluding carboxylic acids is 2. The third-order valence-corrected chi connectivity index (χ3v) is 4.08. The second-order valence-electron chi connectivity index (χ2n) is 5.26. The minimum atomic E-state index is -0.431. The first kappa shape index (κ1) is 19.1. The van der Waals surface area contributed by atoms with Crippen molar-refractivity contribution in [2.45, 2.75) is 13.0 Å². The molecule has 0 fully saturated rings. The van der Waals surface area contributed by atoms with Crippen molar-refractivity contribution in [3.63, 3.8) is 0 Å². The van der Waals surface area contributed by atoms with Crippen LogP contribution < -0.4 is 10.1 Å². The van der Waals surface area contributed by atoms with Crippen molar-refractivity contribution in [3.05, 3.63) is 64.1 Å². The minimum absolute atomic E-state index is 0.0400. The second-order valence-corrected chi connectivity index (χ2v) is 6.17. The molecule has 25 heavy (non-hydrogen) atoms. The van der Waals surface area contributed by atoms with E-state index in [-0.39, 0.29) is 12.4 Å². The molecule has 0 saturated carbocycles. The van der Waals surface area contributed by atoms with Gasteiger partial charge in [0.2, 0.25) is 0 Å². The number of rotatable bonds is 8.